The number of rotatable bonds is 4. The summed E-state index contributed by atoms with van der Waals surface area (Å²) in [4.78, 5) is 14.2. The van der Waals surface area contributed by atoms with Crippen LogP contribution < -0.4 is 5.32 Å². The van der Waals surface area contributed by atoms with Crippen molar-refractivity contribution in [3.8, 4) is 0 Å². The number of benzene rings is 1. The van der Waals surface area contributed by atoms with Crippen molar-refractivity contribution >= 4 is 5.91 Å². The van der Waals surface area contributed by atoms with Crippen LogP contribution in [0.5, 0.6) is 0 Å². The summed E-state index contributed by atoms with van der Waals surface area (Å²) in [5.41, 5.74) is 2.42. The highest BCUT2D eigenvalue weighted by Gasteiger charge is 2.19. The highest BCUT2D eigenvalue weighted by Crippen LogP contribution is 2.18. The average molecular weight is 260 g/mol. The molecule has 1 aliphatic rings. The van der Waals surface area contributed by atoms with Crippen molar-refractivity contribution in [1.29, 1.82) is 0 Å². The van der Waals surface area contributed by atoms with Gasteiger partial charge in [0, 0.05) is 19.5 Å². The van der Waals surface area contributed by atoms with Gasteiger partial charge in [0.2, 0.25) is 5.91 Å². The normalized spacial score (nSPS) is 20.2. The zero-order valence-corrected chi connectivity index (χ0v) is 12.0. The molecular formula is C16H24N2O. The maximum absolute atomic E-state index is 11.9. The van der Waals surface area contributed by atoms with Gasteiger partial charge in [-0.05, 0) is 44.8 Å². The Morgan fingerprint density at radius 3 is 2.79 bits per heavy atom. The van der Waals surface area contributed by atoms with E-state index in [1.807, 2.05) is 0 Å². The van der Waals surface area contributed by atoms with Gasteiger partial charge in [0.05, 0.1) is 0 Å². The lowest BCUT2D eigenvalue weighted by Gasteiger charge is -2.29. The van der Waals surface area contributed by atoms with Crippen LogP contribution in [0.2, 0.25) is 0 Å². The van der Waals surface area contributed by atoms with E-state index in [9.17, 15) is 4.79 Å². The smallest absolute Gasteiger partial charge is 0.220 e. The van der Waals surface area contributed by atoms with Crippen LogP contribution in [-0.4, -0.2) is 30.9 Å². The number of aryl methyl sites for hydroxylation is 1. The van der Waals surface area contributed by atoms with Crippen LogP contribution in [0.3, 0.4) is 0 Å². The molecule has 2 rings (SSSR count). The SMILES string of the molecule is Cc1ccc(CNC(=O)CC2CCCN(C)C2)cc1. The van der Waals surface area contributed by atoms with E-state index < -0.39 is 0 Å². The second kappa shape index (κ2) is 6.71. The highest BCUT2D eigenvalue weighted by atomic mass is 16.1. The molecule has 0 spiro atoms. The quantitative estimate of drug-likeness (QED) is 0.901. The van der Waals surface area contributed by atoms with Gasteiger partial charge >= 0.3 is 0 Å². The summed E-state index contributed by atoms with van der Waals surface area (Å²) in [5.74, 6) is 0.706. The summed E-state index contributed by atoms with van der Waals surface area (Å²) < 4.78 is 0. The molecule has 1 heterocycles. The minimum absolute atomic E-state index is 0.181. The maximum atomic E-state index is 11.9. The minimum atomic E-state index is 0.181. The van der Waals surface area contributed by atoms with E-state index in [0.717, 1.165) is 6.54 Å². The van der Waals surface area contributed by atoms with Crippen molar-refractivity contribution in [1.82, 2.24) is 10.2 Å². The fourth-order valence-electron chi connectivity index (χ4n) is 2.68. The zero-order chi connectivity index (χ0) is 13.7. The summed E-state index contributed by atoms with van der Waals surface area (Å²) in [6.07, 6.45) is 3.06. The number of hydrogen-bond donors (Lipinski definition) is 1. The molecule has 0 bridgehead atoms. The van der Waals surface area contributed by atoms with Crippen LogP contribution >= 0.6 is 0 Å². The Bertz CT molecular complexity index is 413. The molecule has 0 saturated carbocycles. The first kappa shape index (κ1) is 14.1. The van der Waals surface area contributed by atoms with Gasteiger partial charge in [0.25, 0.3) is 0 Å². The monoisotopic (exact) mass is 260 g/mol. The second-order valence-electron chi connectivity index (χ2n) is 5.74. The molecule has 0 radical (unpaired) electrons. The van der Waals surface area contributed by atoms with Crippen LogP contribution in [-0.2, 0) is 11.3 Å². The van der Waals surface area contributed by atoms with Crippen molar-refractivity contribution in [2.24, 2.45) is 5.92 Å². The molecule has 1 unspecified atom stereocenters. The fourth-order valence-corrected chi connectivity index (χ4v) is 2.68. The molecule has 1 fully saturated rings. The Kier molecular flexibility index (Phi) is 4.97. The Balaban J connectivity index is 1.73. The molecule has 1 atom stereocenters. The lowest BCUT2D eigenvalue weighted by atomic mass is 9.95. The number of amides is 1. The van der Waals surface area contributed by atoms with Crippen molar-refractivity contribution in [3.63, 3.8) is 0 Å². The second-order valence-corrected chi connectivity index (χ2v) is 5.74. The molecule has 0 aromatic heterocycles. The first-order valence-corrected chi connectivity index (χ1v) is 7.14. The molecule has 0 aliphatic carbocycles. The van der Waals surface area contributed by atoms with Crippen LogP contribution in [0.15, 0.2) is 24.3 Å². The fraction of sp³-hybridized carbons (Fsp3) is 0.562. The first-order valence-electron chi connectivity index (χ1n) is 7.14. The summed E-state index contributed by atoms with van der Waals surface area (Å²) in [6, 6.07) is 8.31. The summed E-state index contributed by atoms with van der Waals surface area (Å²) in [7, 11) is 2.14. The topological polar surface area (TPSA) is 32.3 Å². The van der Waals surface area contributed by atoms with Crippen LogP contribution in [0, 0.1) is 12.8 Å². The molecular weight excluding hydrogens is 236 g/mol. The third kappa shape index (κ3) is 4.67. The third-order valence-electron chi connectivity index (χ3n) is 3.81. The van der Waals surface area contributed by atoms with Crippen LogP contribution in [0.25, 0.3) is 0 Å². The van der Waals surface area contributed by atoms with Crippen molar-refractivity contribution in [3.05, 3.63) is 35.4 Å². The van der Waals surface area contributed by atoms with Gasteiger partial charge in [0.15, 0.2) is 0 Å². The van der Waals surface area contributed by atoms with E-state index in [2.05, 4.69) is 48.5 Å². The number of carbonyl (C=O) groups is 1. The summed E-state index contributed by atoms with van der Waals surface area (Å²) in [6.45, 7) is 4.93. The lowest BCUT2D eigenvalue weighted by Crippen LogP contribution is -2.35. The maximum Gasteiger partial charge on any atom is 0.220 e. The molecule has 1 aliphatic heterocycles. The molecule has 1 aromatic carbocycles. The third-order valence-corrected chi connectivity index (χ3v) is 3.81. The van der Waals surface area contributed by atoms with Gasteiger partial charge in [-0.1, -0.05) is 29.8 Å². The number of carbonyl (C=O) groups excluding carboxylic acids is 1. The van der Waals surface area contributed by atoms with Gasteiger partial charge in [-0.25, -0.2) is 0 Å². The van der Waals surface area contributed by atoms with Gasteiger partial charge in [-0.3, -0.25) is 4.79 Å². The average Bonchev–Trinajstić information content (AvgIpc) is 2.38. The predicted octanol–water partition coefficient (Wildman–Crippen LogP) is 2.34. The Morgan fingerprint density at radius 2 is 2.11 bits per heavy atom. The van der Waals surface area contributed by atoms with Gasteiger partial charge in [-0.2, -0.15) is 0 Å². The summed E-state index contributed by atoms with van der Waals surface area (Å²) in [5, 5.41) is 3.02. The van der Waals surface area contributed by atoms with Crippen molar-refractivity contribution in [2.45, 2.75) is 32.7 Å². The standard InChI is InChI=1S/C16H24N2O/c1-13-5-7-14(8-6-13)11-17-16(19)10-15-4-3-9-18(2)12-15/h5-8,15H,3-4,9-12H2,1-2H3,(H,17,19). The molecule has 1 amide bonds. The Morgan fingerprint density at radius 1 is 1.37 bits per heavy atom. The summed E-state index contributed by atoms with van der Waals surface area (Å²) >= 11 is 0. The van der Waals surface area contributed by atoms with E-state index in [1.165, 1.54) is 30.5 Å². The number of piperidine rings is 1. The zero-order valence-electron chi connectivity index (χ0n) is 12.0. The van der Waals surface area contributed by atoms with Gasteiger partial charge in [0.1, 0.15) is 0 Å². The lowest BCUT2D eigenvalue weighted by molar-refractivity contribution is -0.122. The molecule has 19 heavy (non-hydrogen) atoms. The molecule has 3 heteroatoms. The largest absolute Gasteiger partial charge is 0.352 e. The number of hydrogen-bond acceptors (Lipinski definition) is 2. The highest BCUT2D eigenvalue weighted by molar-refractivity contribution is 5.76. The van der Waals surface area contributed by atoms with Crippen molar-refractivity contribution in [2.75, 3.05) is 20.1 Å². The molecule has 3 nitrogen and oxygen atoms in total. The van der Waals surface area contributed by atoms with Crippen molar-refractivity contribution < 1.29 is 4.79 Å². The van der Waals surface area contributed by atoms with E-state index in [0.29, 0.717) is 18.9 Å². The van der Waals surface area contributed by atoms with Gasteiger partial charge in [-0.15, -0.1) is 0 Å². The molecule has 1 saturated heterocycles. The van der Waals surface area contributed by atoms with Crippen LogP contribution in [0.1, 0.15) is 30.4 Å². The first-order chi connectivity index (χ1) is 9.13. The van der Waals surface area contributed by atoms with E-state index in [-0.39, 0.29) is 5.91 Å². The van der Waals surface area contributed by atoms with E-state index >= 15 is 0 Å². The Hall–Kier alpha value is -1.35. The molecule has 1 N–H and O–H groups in total. The minimum Gasteiger partial charge on any atom is -0.352 e. The predicted molar refractivity (Wildman–Crippen MR) is 77.9 cm³/mol. The molecule has 1 aromatic rings. The van der Waals surface area contributed by atoms with Gasteiger partial charge < -0.3 is 10.2 Å². The number of likely N-dealkylation sites (tertiary alicyclic amines) is 1. The Labute approximate surface area is 116 Å². The van der Waals surface area contributed by atoms with Crippen LogP contribution in [0.4, 0.5) is 0 Å². The van der Waals surface area contributed by atoms with E-state index in [1.54, 1.807) is 0 Å². The molecule has 104 valence electrons. The van der Waals surface area contributed by atoms with E-state index in [4.69, 9.17) is 0 Å². The number of nitrogens with one attached hydrogen (secondary N) is 1. The number of nitrogens with zero attached hydrogens (tertiary/aromatic N) is 1.